The summed E-state index contributed by atoms with van der Waals surface area (Å²) in [4.78, 5) is 23.3. The molecule has 2 aromatic heterocycles. The Morgan fingerprint density at radius 2 is 1.82 bits per heavy atom. The van der Waals surface area contributed by atoms with E-state index in [1.54, 1.807) is 28.8 Å². The van der Waals surface area contributed by atoms with E-state index in [2.05, 4.69) is 40.1 Å². The van der Waals surface area contributed by atoms with Crippen LogP contribution in [0, 0.1) is 6.92 Å². The number of hydrogen-bond donors (Lipinski definition) is 2. The topological polar surface area (TPSA) is 71.8 Å². The average Bonchev–Trinajstić information content (AvgIpc) is 3.35. The smallest absolute Gasteiger partial charge is 0.271 e. The second kappa shape index (κ2) is 10.0. The van der Waals surface area contributed by atoms with E-state index < -0.39 is 0 Å². The molecule has 2 N–H and O–H groups in total. The van der Waals surface area contributed by atoms with Crippen LogP contribution in [0.2, 0.25) is 5.02 Å². The first-order valence-corrected chi connectivity index (χ1v) is 13.2. The standard InChI is InChI=1S/C25H30ClN5OS/c1-16-13-20(33-30-18-7-3-2-4-8-18)11-12-22(16)28-25-27-15-17-14-21(26)24(32)31(23(17)29-25)19-9-5-6-10-19/h11-15,18-19,30H,2-10H2,1H3,(H,27,28,29). The predicted octanol–water partition coefficient (Wildman–Crippen LogP) is 6.54. The molecule has 0 aliphatic heterocycles. The van der Waals surface area contributed by atoms with Gasteiger partial charge in [-0.2, -0.15) is 4.98 Å². The zero-order valence-electron chi connectivity index (χ0n) is 18.9. The molecule has 2 fully saturated rings. The zero-order chi connectivity index (χ0) is 22.8. The molecule has 0 amide bonds. The van der Waals surface area contributed by atoms with Crippen molar-refractivity contribution in [1.82, 2.24) is 19.3 Å². The second-order valence-corrected chi connectivity index (χ2v) is 10.6. The highest BCUT2D eigenvalue weighted by molar-refractivity contribution is 7.97. The van der Waals surface area contributed by atoms with Crippen molar-refractivity contribution in [3.63, 3.8) is 0 Å². The number of rotatable bonds is 6. The second-order valence-electron chi connectivity index (χ2n) is 9.23. The summed E-state index contributed by atoms with van der Waals surface area (Å²) >= 11 is 7.96. The Hall–Kier alpha value is -2.09. The van der Waals surface area contributed by atoms with Gasteiger partial charge in [0.15, 0.2) is 0 Å². The largest absolute Gasteiger partial charge is 0.324 e. The van der Waals surface area contributed by atoms with Crippen molar-refractivity contribution in [2.75, 3.05) is 5.32 Å². The molecule has 2 heterocycles. The molecule has 0 unspecified atom stereocenters. The number of halogens is 1. The molecule has 1 aromatic carbocycles. The van der Waals surface area contributed by atoms with Gasteiger partial charge in [0.25, 0.3) is 5.56 Å². The Balaban J connectivity index is 1.37. The molecule has 5 rings (SSSR count). The molecule has 2 aliphatic carbocycles. The summed E-state index contributed by atoms with van der Waals surface area (Å²) in [5.74, 6) is 0.486. The maximum atomic E-state index is 12.8. The van der Waals surface area contributed by atoms with Crippen LogP contribution in [-0.4, -0.2) is 20.6 Å². The van der Waals surface area contributed by atoms with Gasteiger partial charge in [0, 0.05) is 34.2 Å². The molecule has 33 heavy (non-hydrogen) atoms. The molecule has 0 saturated heterocycles. The van der Waals surface area contributed by atoms with Gasteiger partial charge in [-0.15, -0.1) is 0 Å². The highest BCUT2D eigenvalue weighted by Gasteiger charge is 2.22. The Morgan fingerprint density at radius 3 is 2.58 bits per heavy atom. The van der Waals surface area contributed by atoms with Gasteiger partial charge in [0.1, 0.15) is 10.7 Å². The summed E-state index contributed by atoms with van der Waals surface area (Å²) in [7, 11) is 0. The molecule has 0 spiro atoms. The van der Waals surface area contributed by atoms with Crippen molar-refractivity contribution in [2.24, 2.45) is 0 Å². The monoisotopic (exact) mass is 483 g/mol. The molecule has 2 saturated carbocycles. The van der Waals surface area contributed by atoms with Gasteiger partial charge in [-0.1, -0.05) is 43.7 Å². The normalized spacial score (nSPS) is 17.6. The zero-order valence-corrected chi connectivity index (χ0v) is 20.5. The van der Waals surface area contributed by atoms with Gasteiger partial charge < -0.3 is 5.32 Å². The SMILES string of the molecule is Cc1cc(SNC2CCCCC2)ccc1Nc1ncc2cc(Cl)c(=O)n(C3CCCC3)c2n1. The fourth-order valence-electron chi connectivity index (χ4n) is 4.98. The number of pyridine rings is 1. The maximum absolute atomic E-state index is 12.8. The van der Waals surface area contributed by atoms with Gasteiger partial charge in [0.2, 0.25) is 5.95 Å². The van der Waals surface area contributed by atoms with Crippen LogP contribution in [0.4, 0.5) is 11.6 Å². The van der Waals surface area contributed by atoms with E-state index in [0.29, 0.717) is 17.6 Å². The predicted molar refractivity (Wildman–Crippen MR) is 137 cm³/mol. The van der Waals surface area contributed by atoms with Gasteiger partial charge >= 0.3 is 0 Å². The lowest BCUT2D eigenvalue weighted by Crippen LogP contribution is -2.25. The molecule has 2 aliphatic rings. The highest BCUT2D eigenvalue weighted by Crippen LogP contribution is 2.32. The third kappa shape index (κ3) is 5.05. The van der Waals surface area contributed by atoms with Crippen molar-refractivity contribution >= 4 is 46.2 Å². The Kier molecular flexibility index (Phi) is 6.90. The summed E-state index contributed by atoms with van der Waals surface area (Å²) in [6.45, 7) is 2.09. The van der Waals surface area contributed by atoms with E-state index in [1.165, 1.54) is 37.0 Å². The van der Waals surface area contributed by atoms with Crippen LogP contribution in [-0.2, 0) is 0 Å². The highest BCUT2D eigenvalue weighted by atomic mass is 35.5. The minimum atomic E-state index is -0.163. The number of aromatic nitrogens is 3. The van der Waals surface area contributed by atoms with Gasteiger partial charge in [-0.25, -0.2) is 4.98 Å². The number of benzene rings is 1. The number of fused-ring (bicyclic) bond motifs is 1. The number of aryl methyl sites for hydroxylation is 1. The van der Waals surface area contributed by atoms with Crippen LogP contribution in [0.5, 0.6) is 0 Å². The van der Waals surface area contributed by atoms with Crippen LogP contribution in [0.3, 0.4) is 0 Å². The fraction of sp³-hybridized carbons (Fsp3) is 0.480. The van der Waals surface area contributed by atoms with E-state index >= 15 is 0 Å². The molecule has 174 valence electrons. The quantitative estimate of drug-likeness (QED) is 0.388. The van der Waals surface area contributed by atoms with Crippen LogP contribution >= 0.6 is 23.5 Å². The molecular weight excluding hydrogens is 454 g/mol. The van der Waals surface area contributed by atoms with Crippen molar-refractivity contribution in [1.29, 1.82) is 0 Å². The number of nitrogens with one attached hydrogen (secondary N) is 2. The van der Waals surface area contributed by atoms with Gasteiger partial charge in [0.05, 0.1) is 0 Å². The minimum absolute atomic E-state index is 0.149. The number of hydrogen-bond acceptors (Lipinski definition) is 6. The van der Waals surface area contributed by atoms with Gasteiger partial charge in [-0.3, -0.25) is 14.1 Å². The first kappa shape index (κ1) is 22.7. The Bertz CT molecular complexity index is 1200. The van der Waals surface area contributed by atoms with Crippen LogP contribution in [0.25, 0.3) is 11.0 Å². The first-order chi connectivity index (χ1) is 16.1. The van der Waals surface area contributed by atoms with E-state index in [-0.39, 0.29) is 16.6 Å². The number of anilines is 2. The van der Waals surface area contributed by atoms with Crippen LogP contribution in [0.15, 0.2) is 40.2 Å². The first-order valence-electron chi connectivity index (χ1n) is 12.0. The van der Waals surface area contributed by atoms with Crippen LogP contribution in [0.1, 0.15) is 69.4 Å². The van der Waals surface area contributed by atoms with Crippen molar-refractivity contribution < 1.29 is 0 Å². The van der Waals surface area contributed by atoms with Gasteiger partial charge in [-0.05, 0) is 74.4 Å². The third-order valence-corrected chi connectivity index (χ3v) is 8.02. The third-order valence-electron chi connectivity index (χ3n) is 6.81. The Morgan fingerprint density at radius 1 is 1.06 bits per heavy atom. The summed E-state index contributed by atoms with van der Waals surface area (Å²) < 4.78 is 5.40. The molecule has 0 radical (unpaired) electrons. The maximum Gasteiger partial charge on any atom is 0.271 e. The van der Waals surface area contributed by atoms with Crippen molar-refractivity contribution in [3.8, 4) is 0 Å². The molecular formula is C25H30ClN5OS. The molecule has 0 bridgehead atoms. The molecule has 8 heteroatoms. The van der Waals surface area contributed by atoms with E-state index in [1.807, 2.05) is 0 Å². The lowest BCUT2D eigenvalue weighted by molar-refractivity contribution is 0.423. The lowest BCUT2D eigenvalue weighted by Gasteiger charge is -2.22. The summed E-state index contributed by atoms with van der Waals surface area (Å²) in [6.07, 6.45) is 12.5. The van der Waals surface area contributed by atoms with Crippen molar-refractivity contribution in [3.05, 3.63) is 51.4 Å². The Labute approximate surface area is 203 Å². The van der Waals surface area contributed by atoms with E-state index in [4.69, 9.17) is 16.6 Å². The molecule has 0 atom stereocenters. The van der Waals surface area contributed by atoms with Crippen molar-refractivity contribution in [2.45, 2.75) is 81.7 Å². The van der Waals surface area contributed by atoms with E-state index in [9.17, 15) is 4.79 Å². The van der Waals surface area contributed by atoms with E-state index in [0.717, 1.165) is 42.3 Å². The fourth-order valence-corrected chi connectivity index (χ4v) is 6.10. The lowest BCUT2D eigenvalue weighted by atomic mass is 9.96. The summed E-state index contributed by atoms with van der Waals surface area (Å²) in [5.41, 5.74) is 2.57. The molecule has 3 aromatic rings. The molecule has 6 nitrogen and oxygen atoms in total. The summed E-state index contributed by atoms with van der Waals surface area (Å²) in [6, 6.07) is 8.79. The minimum Gasteiger partial charge on any atom is -0.324 e. The number of nitrogens with zero attached hydrogens (tertiary/aromatic N) is 3. The average molecular weight is 484 g/mol. The van der Waals surface area contributed by atoms with Crippen LogP contribution < -0.4 is 15.6 Å². The summed E-state index contributed by atoms with van der Waals surface area (Å²) in [5, 5.41) is 4.36.